The molecule has 3 aromatic rings. The van der Waals surface area contributed by atoms with E-state index in [4.69, 9.17) is 11.6 Å². The second-order valence-corrected chi connectivity index (χ2v) is 9.53. The lowest BCUT2D eigenvalue weighted by Gasteiger charge is -2.32. The zero-order valence-corrected chi connectivity index (χ0v) is 20.9. The van der Waals surface area contributed by atoms with E-state index < -0.39 is 6.04 Å². The summed E-state index contributed by atoms with van der Waals surface area (Å²) in [6.45, 7) is 6.94. The minimum Gasteiger partial charge on any atom is -0.354 e. The molecule has 0 aliphatic carbocycles. The van der Waals surface area contributed by atoms with Gasteiger partial charge in [0, 0.05) is 24.5 Å². The van der Waals surface area contributed by atoms with Crippen molar-refractivity contribution in [2.75, 3.05) is 6.54 Å². The Morgan fingerprint density at radius 1 is 0.882 bits per heavy atom. The van der Waals surface area contributed by atoms with E-state index in [0.29, 0.717) is 23.9 Å². The highest BCUT2D eigenvalue weighted by Crippen LogP contribution is 2.21. The highest BCUT2D eigenvalue weighted by Gasteiger charge is 2.30. The highest BCUT2D eigenvalue weighted by atomic mass is 35.5. The van der Waals surface area contributed by atoms with Gasteiger partial charge in [0.1, 0.15) is 6.04 Å². The third kappa shape index (κ3) is 7.46. The van der Waals surface area contributed by atoms with Crippen LogP contribution in [-0.4, -0.2) is 29.3 Å². The second-order valence-electron chi connectivity index (χ2n) is 9.12. The molecule has 0 aliphatic heterocycles. The Bertz CT molecular complexity index is 1080. The third-order valence-corrected chi connectivity index (χ3v) is 6.10. The first-order chi connectivity index (χ1) is 16.3. The summed E-state index contributed by atoms with van der Waals surface area (Å²) in [7, 11) is 0. The van der Waals surface area contributed by atoms with Crippen molar-refractivity contribution < 1.29 is 9.59 Å². The van der Waals surface area contributed by atoms with E-state index in [1.165, 1.54) is 0 Å². The van der Waals surface area contributed by atoms with Gasteiger partial charge in [-0.25, -0.2) is 0 Å². The number of carbonyl (C=O) groups is 2. The van der Waals surface area contributed by atoms with Gasteiger partial charge in [0.15, 0.2) is 0 Å². The number of benzene rings is 3. The Labute approximate surface area is 207 Å². The zero-order valence-electron chi connectivity index (χ0n) is 20.1. The lowest BCUT2D eigenvalue weighted by Crippen LogP contribution is -2.51. The fourth-order valence-corrected chi connectivity index (χ4v) is 3.96. The van der Waals surface area contributed by atoms with Crippen LogP contribution in [0.4, 0.5) is 0 Å². The fraction of sp³-hybridized carbons (Fsp3) is 0.310. The first-order valence-electron chi connectivity index (χ1n) is 11.7. The summed E-state index contributed by atoms with van der Waals surface area (Å²) in [4.78, 5) is 28.8. The quantitative estimate of drug-likeness (QED) is 0.414. The Balaban J connectivity index is 1.96. The molecule has 1 atom stereocenters. The predicted octanol–water partition coefficient (Wildman–Crippen LogP) is 5.60. The number of carbonyl (C=O) groups excluding carboxylic acids is 2. The molecule has 4 nitrogen and oxygen atoms in total. The Morgan fingerprint density at radius 3 is 2.18 bits per heavy atom. The first kappa shape index (κ1) is 25.5. The van der Waals surface area contributed by atoms with Crippen molar-refractivity contribution in [3.8, 4) is 0 Å². The van der Waals surface area contributed by atoms with Crippen molar-refractivity contribution >= 4 is 23.4 Å². The first-order valence-corrected chi connectivity index (χ1v) is 12.1. The van der Waals surface area contributed by atoms with E-state index in [2.05, 4.69) is 19.2 Å². The van der Waals surface area contributed by atoms with E-state index in [9.17, 15) is 9.59 Å². The van der Waals surface area contributed by atoms with Crippen LogP contribution in [0.2, 0.25) is 5.02 Å². The smallest absolute Gasteiger partial charge is 0.243 e. The monoisotopic (exact) mass is 476 g/mol. The van der Waals surface area contributed by atoms with E-state index in [0.717, 1.165) is 22.3 Å². The van der Waals surface area contributed by atoms with Crippen LogP contribution in [0.15, 0.2) is 78.9 Å². The number of nitrogens with one attached hydrogen (secondary N) is 1. The van der Waals surface area contributed by atoms with Crippen LogP contribution in [0.3, 0.4) is 0 Å². The number of amides is 2. The molecule has 0 fully saturated rings. The maximum Gasteiger partial charge on any atom is 0.243 e. The molecule has 5 heteroatoms. The Kier molecular flexibility index (Phi) is 9.29. The molecule has 0 saturated heterocycles. The molecule has 3 aromatic carbocycles. The number of aryl methyl sites for hydroxylation is 1. The largest absolute Gasteiger partial charge is 0.354 e. The van der Waals surface area contributed by atoms with Gasteiger partial charge in [-0.2, -0.15) is 0 Å². The molecule has 0 radical (unpaired) electrons. The van der Waals surface area contributed by atoms with Crippen molar-refractivity contribution in [2.45, 2.75) is 46.2 Å². The van der Waals surface area contributed by atoms with Crippen LogP contribution in [0.25, 0.3) is 0 Å². The summed E-state index contributed by atoms with van der Waals surface area (Å²) in [6.07, 6.45) is 0.641. The van der Waals surface area contributed by atoms with Crippen LogP contribution in [0.5, 0.6) is 0 Å². The predicted molar refractivity (Wildman–Crippen MR) is 139 cm³/mol. The lowest BCUT2D eigenvalue weighted by atomic mass is 10.0. The number of hydrogen-bond donors (Lipinski definition) is 1. The number of nitrogens with zero attached hydrogens (tertiary/aromatic N) is 1. The van der Waals surface area contributed by atoms with E-state index in [1.807, 2.05) is 85.8 Å². The van der Waals surface area contributed by atoms with E-state index in [-0.39, 0.29) is 24.8 Å². The summed E-state index contributed by atoms with van der Waals surface area (Å²) in [5, 5.41) is 3.62. The molecule has 0 unspecified atom stereocenters. The van der Waals surface area contributed by atoms with Crippen LogP contribution < -0.4 is 5.32 Å². The lowest BCUT2D eigenvalue weighted by molar-refractivity contribution is -0.140. The molecule has 1 N–H and O–H groups in total. The molecule has 3 rings (SSSR count). The second kappa shape index (κ2) is 12.4. The molecule has 0 saturated carbocycles. The fourth-order valence-electron chi connectivity index (χ4n) is 3.77. The van der Waals surface area contributed by atoms with Crippen LogP contribution in [0, 0.1) is 12.8 Å². The molecule has 0 spiro atoms. The average Bonchev–Trinajstić information content (AvgIpc) is 2.83. The SMILES string of the molecule is Cc1ccc(CC(=O)N(Cc2ccccc2Cl)[C@@H](Cc2ccccc2)C(=O)NCC(C)C)cc1. The summed E-state index contributed by atoms with van der Waals surface area (Å²) < 4.78 is 0. The zero-order chi connectivity index (χ0) is 24.5. The number of halogens is 1. The summed E-state index contributed by atoms with van der Waals surface area (Å²) in [5.74, 6) is 0.0490. The summed E-state index contributed by atoms with van der Waals surface area (Å²) in [5.41, 5.74) is 3.87. The maximum atomic E-state index is 13.7. The molecule has 2 amide bonds. The molecule has 0 heterocycles. The van der Waals surface area contributed by atoms with E-state index in [1.54, 1.807) is 4.90 Å². The average molecular weight is 477 g/mol. The Hall–Kier alpha value is -3.11. The molecule has 0 bridgehead atoms. The van der Waals surface area contributed by atoms with Gasteiger partial charge in [-0.1, -0.05) is 104 Å². The molecule has 0 aliphatic rings. The molecular formula is C29H33ClN2O2. The molecule has 178 valence electrons. The van der Waals surface area contributed by atoms with Gasteiger partial charge in [0.25, 0.3) is 0 Å². The van der Waals surface area contributed by atoms with Gasteiger partial charge in [-0.05, 0) is 35.6 Å². The van der Waals surface area contributed by atoms with Gasteiger partial charge in [0.05, 0.1) is 6.42 Å². The van der Waals surface area contributed by atoms with Crippen LogP contribution >= 0.6 is 11.6 Å². The molecule has 0 aromatic heterocycles. The van der Waals surface area contributed by atoms with Gasteiger partial charge in [-0.15, -0.1) is 0 Å². The van der Waals surface area contributed by atoms with Gasteiger partial charge < -0.3 is 10.2 Å². The minimum atomic E-state index is -0.657. The molecular weight excluding hydrogens is 444 g/mol. The van der Waals surface area contributed by atoms with E-state index >= 15 is 0 Å². The summed E-state index contributed by atoms with van der Waals surface area (Å²) >= 11 is 6.46. The van der Waals surface area contributed by atoms with Crippen molar-refractivity contribution in [1.82, 2.24) is 10.2 Å². The Morgan fingerprint density at radius 2 is 1.53 bits per heavy atom. The van der Waals surface area contributed by atoms with Gasteiger partial charge >= 0.3 is 0 Å². The summed E-state index contributed by atoms with van der Waals surface area (Å²) in [6, 6.07) is 24.6. The van der Waals surface area contributed by atoms with Crippen molar-refractivity contribution in [2.24, 2.45) is 5.92 Å². The topological polar surface area (TPSA) is 49.4 Å². The van der Waals surface area contributed by atoms with Gasteiger partial charge in [-0.3, -0.25) is 9.59 Å². The van der Waals surface area contributed by atoms with Crippen LogP contribution in [0.1, 0.15) is 36.1 Å². The highest BCUT2D eigenvalue weighted by molar-refractivity contribution is 6.31. The van der Waals surface area contributed by atoms with Crippen molar-refractivity contribution in [3.63, 3.8) is 0 Å². The van der Waals surface area contributed by atoms with Crippen LogP contribution in [-0.2, 0) is 29.0 Å². The maximum absolute atomic E-state index is 13.7. The number of rotatable bonds is 10. The van der Waals surface area contributed by atoms with Crippen molar-refractivity contribution in [1.29, 1.82) is 0 Å². The standard InChI is InChI=1S/C29H33ClN2O2/c1-21(2)19-31-29(34)27(17-23-9-5-4-6-10-23)32(20-25-11-7-8-12-26(25)30)28(33)18-24-15-13-22(3)14-16-24/h4-16,21,27H,17-20H2,1-3H3,(H,31,34)/t27-/m0/s1. The van der Waals surface area contributed by atoms with Gasteiger partial charge in [0.2, 0.25) is 11.8 Å². The third-order valence-electron chi connectivity index (χ3n) is 5.73. The minimum absolute atomic E-state index is 0.107. The normalized spacial score (nSPS) is 11.8. The number of hydrogen-bond acceptors (Lipinski definition) is 2. The molecule has 34 heavy (non-hydrogen) atoms. The van der Waals surface area contributed by atoms with Crippen molar-refractivity contribution in [3.05, 3.63) is 106 Å².